The van der Waals surface area contributed by atoms with E-state index >= 15 is 0 Å². The Morgan fingerprint density at radius 1 is 1.07 bits per heavy atom. The number of amides is 2. The summed E-state index contributed by atoms with van der Waals surface area (Å²) in [6.45, 7) is 17.7. The maximum absolute atomic E-state index is 14.6. The average Bonchev–Trinajstić information content (AvgIpc) is 3.45. The minimum absolute atomic E-state index is 0.157. The number of piperidine rings is 1. The zero-order chi connectivity index (χ0) is 32.1. The molecule has 0 bridgehead atoms. The van der Waals surface area contributed by atoms with E-state index in [1.807, 2.05) is 37.7 Å². The summed E-state index contributed by atoms with van der Waals surface area (Å²) in [5.41, 5.74) is 4.49. The summed E-state index contributed by atoms with van der Waals surface area (Å²) < 4.78 is 7.70. The first kappa shape index (κ1) is 30.5. The van der Waals surface area contributed by atoms with Crippen LogP contribution >= 0.6 is 11.6 Å². The normalized spacial score (nSPS) is 24.2. The first-order valence-corrected chi connectivity index (χ1v) is 16.8. The number of imidazole rings is 1. The number of hydrogen-bond acceptors (Lipinski definition) is 6. The molecule has 9 nitrogen and oxygen atoms in total. The van der Waals surface area contributed by atoms with E-state index in [1.54, 1.807) is 4.90 Å². The molecular weight excluding hydrogens is 588 g/mol. The van der Waals surface area contributed by atoms with Crippen molar-refractivity contribution in [3.05, 3.63) is 41.3 Å². The Morgan fingerprint density at radius 3 is 2.38 bits per heavy atom. The Hall–Kier alpha value is -3.17. The summed E-state index contributed by atoms with van der Waals surface area (Å²) in [6.07, 6.45) is 4.62. The van der Waals surface area contributed by atoms with E-state index in [0.717, 1.165) is 59.5 Å². The topological polar surface area (TPSA) is 83.8 Å². The van der Waals surface area contributed by atoms with Crippen molar-refractivity contribution >= 4 is 40.3 Å². The summed E-state index contributed by atoms with van der Waals surface area (Å²) in [4.78, 5) is 43.3. The van der Waals surface area contributed by atoms with E-state index in [0.29, 0.717) is 42.5 Å². The van der Waals surface area contributed by atoms with E-state index in [9.17, 15) is 9.59 Å². The van der Waals surface area contributed by atoms with Gasteiger partial charge in [-0.15, -0.1) is 0 Å². The Kier molecular flexibility index (Phi) is 7.06. The number of carbonyl (C=O) groups is 2. The molecule has 3 fully saturated rings. The highest BCUT2D eigenvalue weighted by Crippen LogP contribution is 2.52. The Balaban J connectivity index is 1.21. The fraction of sp³-hybridized carbons (Fsp3) is 0.600. The third-order valence-corrected chi connectivity index (χ3v) is 10.5. The molecule has 10 heteroatoms. The molecule has 7 rings (SSSR count). The molecule has 1 saturated carbocycles. The second-order valence-electron chi connectivity index (χ2n) is 15.7. The maximum Gasteiger partial charge on any atom is 0.410 e. The van der Waals surface area contributed by atoms with Gasteiger partial charge in [0.05, 0.1) is 23.0 Å². The molecule has 4 aliphatic rings. The molecule has 2 aromatic heterocycles. The van der Waals surface area contributed by atoms with E-state index in [-0.39, 0.29) is 24.1 Å². The van der Waals surface area contributed by atoms with Gasteiger partial charge in [-0.05, 0) is 83.4 Å². The number of fused-ring (bicyclic) bond motifs is 3. The van der Waals surface area contributed by atoms with Crippen LogP contribution in [0.5, 0.6) is 0 Å². The van der Waals surface area contributed by atoms with Crippen molar-refractivity contribution in [1.82, 2.24) is 24.3 Å². The van der Waals surface area contributed by atoms with Gasteiger partial charge in [0.2, 0.25) is 5.91 Å². The number of nitrogens with zero attached hydrogens (tertiary/aromatic N) is 6. The number of rotatable bonds is 4. The van der Waals surface area contributed by atoms with Crippen LogP contribution in [0.1, 0.15) is 85.8 Å². The molecule has 0 atom stereocenters. The van der Waals surface area contributed by atoms with Crippen molar-refractivity contribution in [1.29, 1.82) is 0 Å². The van der Waals surface area contributed by atoms with Crippen LogP contribution in [0, 0.1) is 5.41 Å². The van der Waals surface area contributed by atoms with Crippen LogP contribution in [0.15, 0.2) is 30.6 Å². The fourth-order valence-corrected chi connectivity index (χ4v) is 8.21. The summed E-state index contributed by atoms with van der Waals surface area (Å²) in [5.74, 6) is 0.169. The van der Waals surface area contributed by atoms with Crippen molar-refractivity contribution < 1.29 is 14.3 Å². The molecule has 1 aliphatic carbocycles. The number of aromatic nitrogens is 3. The number of carbonyl (C=O) groups excluding carboxylic acids is 2. The molecule has 1 spiro atoms. The number of likely N-dealkylation sites (tertiary alicyclic amines) is 2. The van der Waals surface area contributed by atoms with E-state index < -0.39 is 11.0 Å². The van der Waals surface area contributed by atoms with Gasteiger partial charge in [-0.2, -0.15) is 0 Å². The fourth-order valence-electron chi connectivity index (χ4n) is 7.93. The van der Waals surface area contributed by atoms with E-state index in [4.69, 9.17) is 21.3 Å². The zero-order valence-corrected chi connectivity index (χ0v) is 28.3. The summed E-state index contributed by atoms with van der Waals surface area (Å²) in [5, 5.41) is 0.424. The molecule has 0 N–H and O–H groups in total. The van der Waals surface area contributed by atoms with Gasteiger partial charge in [-0.1, -0.05) is 37.6 Å². The minimum Gasteiger partial charge on any atom is -0.444 e. The zero-order valence-electron chi connectivity index (χ0n) is 27.6. The van der Waals surface area contributed by atoms with E-state index in [1.165, 1.54) is 0 Å². The Morgan fingerprint density at radius 2 is 1.76 bits per heavy atom. The quantitative estimate of drug-likeness (QED) is 0.294. The van der Waals surface area contributed by atoms with Crippen molar-refractivity contribution in [2.24, 2.45) is 5.41 Å². The molecule has 2 amide bonds. The molecule has 1 aromatic carbocycles. The maximum atomic E-state index is 14.6. The summed E-state index contributed by atoms with van der Waals surface area (Å²) in [7, 11) is 0. The summed E-state index contributed by atoms with van der Waals surface area (Å²) >= 11 is 6.75. The first-order chi connectivity index (χ1) is 21.2. The van der Waals surface area contributed by atoms with E-state index in [2.05, 4.69) is 60.7 Å². The number of ether oxygens (including phenoxy) is 1. The second-order valence-corrected chi connectivity index (χ2v) is 16.1. The highest BCUT2D eigenvalue weighted by atomic mass is 35.5. The van der Waals surface area contributed by atoms with Crippen LogP contribution in [0.2, 0.25) is 5.15 Å². The number of pyridine rings is 1. The van der Waals surface area contributed by atoms with Gasteiger partial charge in [-0.3, -0.25) is 9.69 Å². The number of benzene rings is 1. The van der Waals surface area contributed by atoms with Gasteiger partial charge in [-0.25, -0.2) is 14.8 Å². The molecule has 5 heterocycles. The standard InChI is InChI=1S/C35H45ClN6O3/c1-21(2)41-20-37-27-17-26(38-30(36)29(27)41)22-8-9-25-28(14-22)42(24-15-23(16-24)40-18-34(6,7)19-40)31(43)35(25)10-12-39(13-11-35)32(44)45-33(3,4)5/h8-9,14,17,20-21,23-24H,10-13,15-16,18-19H2,1-7H3. The van der Waals surface area contributed by atoms with Gasteiger partial charge < -0.3 is 19.1 Å². The Labute approximate surface area is 270 Å². The molecule has 2 saturated heterocycles. The van der Waals surface area contributed by atoms with Gasteiger partial charge in [0.15, 0.2) is 5.15 Å². The van der Waals surface area contributed by atoms with Crippen LogP contribution in [-0.4, -0.2) is 80.2 Å². The lowest BCUT2D eigenvalue weighted by atomic mass is 9.73. The molecule has 0 radical (unpaired) electrons. The predicted molar refractivity (Wildman–Crippen MR) is 177 cm³/mol. The van der Waals surface area contributed by atoms with Crippen LogP contribution in [0.4, 0.5) is 10.5 Å². The van der Waals surface area contributed by atoms with Gasteiger partial charge in [0.25, 0.3) is 0 Å². The SMILES string of the molecule is CC(C)n1cnc2cc(-c3ccc4c(c3)N(C3CC(N5CC(C)(C)C5)C3)C(=O)C43CCN(C(=O)OC(C)(C)C)CC3)nc(Cl)c21. The van der Waals surface area contributed by atoms with Crippen LogP contribution in [0.3, 0.4) is 0 Å². The van der Waals surface area contributed by atoms with Gasteiger partial charge in [0.1, 0.15) is 11.1 Å². The highest BCUT2D eigenvalue weighted by Gasteiger charge is 2.56. The van der Waals surface area contributed by atoms with Crippen molar-refractivity contribution in [2.45, 2.75) is 103 Å². The molecule has 3 aromatic rings. The second kappa shape index (κ2) is 10.4. The smallest absolute Gasteiger partial charge is 0.410 e. The predicted octanol–water partition coefficient (Wildman–Crippen LogP) is 6.82. The number of anilines is 1. The first-order valence-electron chi connectivity index (χ1n) is 16.4. The third kappa shape index (κ3) is 5.10. The molecule has 3 aliphatic heterocycles. The third-order valence-electron chi connectivity index (χ3n) is 10.3. The monoisotopic (exact) mass is 632 g/mol. The minimum atomic E-state index is -0.652. The van der Waals surface area contributed by atoms with Crippen molar-refractivity contribution in [3.63, 3.8) is 0 Å². The molecule has 45 heavy (non-hydrogen) atoms. The van der Waals surface area contributed by atoms with Crippen LogP contribution in [-0.2, 0) is 14.9 Å². The van der Waals surface area contributed by atoms with Gasteiger partial charge in [0, 0.05) is 55.6 Å². The van der Waals surface area contributed by atoms with Crippen molar-refractivity contribution in [3.8, 4) is 11.3 Å². The van der Waals surface area contributed by atoms with Gasteiger partial charge >= 0.3 is 6.09 Å². The molecule has 0 unspecified atom stereocenters. The van der Waals surface area contributed by atoms with Crippen LogP contribution in [0.25, 0.3) is 22.3 Å². The van der Waals surface area contributed by atoms with Crippen LogP contribution < -0.4 is 4.90 Å². The summed E-state index contributed by atoms with van der Waals surface area (Å²) in [6, 6.07) is 9.19. The molecular formula is C35H45ClN6O3. The largest absolute Gasteiger partial charge is 0.444 e. The lowest BCUT2D eigenvalue weighted by Gasteiger charge is -2.55. The lowest BCUT2D eigenvalue weighted by molar-refractivity contribution is -0.126. The highest BCUT2D eigenvalue weighted by molar-refractivity contribution is 6.34. The average molecular weight is 633 g/mol. The number of hydrogen-bond donors (Lipinski definition) is 0. The van der Waals surface area contributed by atoms with Crippen molar-refractivity contribution in [2.75, 3.05) is 31.1 Å². The molecule has 240 valence electrons. The lowest BCUT2D eigenvalue weighted by Crippen LogP contribution is -2.64. The Bertz CT molecular complexity index is 1670. The number of halogens is 1.